The second-order valence-electron chi connectivity index (χ2n) is 7.19. The lowest BCUT2D eigenvalue weighted by atomic mass is 10.1. The van der Waals surface area contributed by atoms with Crippen LogP contribution in [0.3, 0.4) is 0 Å². The first-order valence-corrected chi connectivity index (χ1v) is 10.2. The number of hydrogen-bond acceptors (Lipinski definition) is 5. The Morgan fingerprint density at radius 1 is 1.21 bits per heavy atom. The van der Waals surface area contributed by atoms with Gasteiger partial charge in [0, 0.05) is 53.6 Å². The smallest absolute Gasteiger partial charge is 0.255 e. The Labute approximate surface area is 166 Å². The van der Waals surface area contributed by atoms with Crippen molar-refractivity contribution in [2.75, 3.05) is 6.54 Å². The summed E-state index contributed by atoms with van der Waals surface area (Å²) >= 11 is 1.85. The van der Waals surface area contributed by atoms with Gasteiger partial charge in [-0.3, -0.25) is 14.7 Å². The van der Waals surface area contributed by atoms with Crippen LogP contribution in [-0.2, 0) is 19.5 Å². The zero-order valence-corrected chi connectivity index (χ0v) is 16.4. The Hall–Kier alpha value is -2.83. The summed E-state index contributed by atoms with van der Waals surface area (Å²) in [5.41, 5.74) is 3.85. The minimum Gasteiger partial charge on any atom is -0.306 e. The summed E-state index contributed by atoms with van der Waals surface area (Å²) in [6.07, 6.45) is 4.23. The molecule has 0 fully saturated rings. The third-order valence-corrected chi connectivity index (χ3v) is 6.65. The van der Waals surface area contributed by atoms with Gasteiger partial charge in [0.1, 0.15) is 5.82 Å². The number of rotatable bonds is 3. The van der Waals surface area contributed by atoms with E-state index >= 15 is 0 Å². The summed E-state index contributed by atoms with van der Waals surface area (Å²) in [5, 5.41) is 1.33. The normalized spacial score (nSPS) is 14.3. The van der Waals surface area contributed by atoms with Crippen LogP contribution in [0.15, 0.2) is 53.6 Å². The molecule has 3 aromatic heterocycles. The van der Waals surface area contributed by atoms with E-state index in [-0.39, 0.29) is 5.56 Å². The predicted molar refractivity (Wildman–Crippen MR) is 112 cm³/mol. The van der Waals surface area contributed by atoms with Gasteiger partial charge in [-0.05, 0) is 36.1 Å². The van der Waals surface area contributed by atoms with Crippen LogP contribution in [0.1, 0.15) is 21.7 Å². The van der Waals surface area contributed by atoms with Crippen molar-refractivity contribution >= 4 is 21.4 Å². The molecule has 0 aliphatic carbocycles. The number of thiophene rings is 1. The van der Waals surface area contributed by atoms with Crippen LogP contribution >= 0.6 is 11.3 Å². The summed E-state index contributed by atoms with van der Waals surface area (Å²) in [5.74, 6) is 0.602. The number of fused-ring (bicyclic) bond motifs is 2. The van der Waals surface area contributed by atoms with E-state index in [1.807, 2.05) is 23.5 Å². The monoisotopic (exact) mass is 388 g/mol. The van der Waals surface area contributed by atoms with Crippen molar-refractivity contribution in [2.24, 2.45) is 0 Å². The highest BCUT2D eigenvalue weighted by Crippen LogP contribution is 2.32. The third kappa shape index (κ3) is 3.04. The summed E-state index contributed by atoms with van der Waals surface area (Å²) < 4.78 is 1.33. The standard InChI is InChI=1S/C22H20N4OS/c1-14-16-6-2-3-7-19(16)28-20(14)13-26-10-8-18-17(12-26)22(27)25-21(24-18)15-5-4-9-23-11-15/h2-7,9,11H,8,10,12-13H2,1H3,(H,24,25,27). The molecule has 1 aliphatic heterocycles. The maximum atomic E-state index is 12.7. The van der Waals surface area contributed by atoms with Crippen LogP contribution in [0, 0.1) is 6.92 Å². The van der Waals surface area contributed by atoms with Gasteiger partial charge in [-0.1, -0.05) is 18.2 Å². The fraction of sp³-hybridized carbons (Fsp3) is 0.227. The van der Waals surface area contributed by atoms with Crippen molar-refractivity contribution in [1.29, 1.82) is 0 Å². The number of aromatic amines is 1. The maximum Gasteiger partial charge on any atom is 0.255 e. The number of pyridine rings is 1. The van der Waals surface area contributed by atoms with Gasteiger partial charge in [-0.2, -0.15) is 0 Å². The first kappa shape index (κ1) is 17.3. The molecule has 0 amide bonds. The molecule has 5 rings (SSSR count). The maximum absolute atomic E-state index is 12.7. The molecule has 0 saturated heterocycles. The largest absolute Gasteiger partial charge is 0.306 e. The zero-order chi connectivity index (χ0) is 19.1. The second kappa shape index (κ2) is 6.96. The quantitative estimate of drug-likeness (QED) is 0.578. The van der Waals surface area contributed by atoms with Crippen molar-refractivity contribution < 1.29 is 0 Å². The Kier molecular flexibility index (Phi) is 4.30. The molecular formula is C22H20N4OS. The van der Waals surface area contributed by atoms with Crippen molar-refractivity contribution in [1.82, 2.24) is 19.9 Å². The Morgan fingerprint density at radius 3 is 2.93 bits per heavy atom. The Bertz CT molecular complexity index is 1210. The van der Waals surface area contributed by atoms with Crippen LogP contribution in [0.4, 0.5) is 0 Å². The lowest BCUT2D eigenvalue weighted by molar-refractivity contribution is 0.243. The molecule has 0 saturated carbocycles. The van der Waals surface area contributed by atoms with Gasteiger partial charge in [0.05, 0.1) is 11.3 Å². The average Bonchev–Trinajstić information content (AvgIpc) is 3.04. The van der Waals surface area contributed by atoms with E-state index in [1.54, 1.807) is 12.4 Å². The van der Waals surface area contributed by atoms with E-state index in [1.165, 1.54) is 20.5 Å². The molecular weight excluding hydrogens is 368 g/mol. The average molecular weight is 388 g/mol. The minimum atomic E-state index is -0.0402. The summed E-state index contributed by atoms with van der Waals surface area (Å²) in [4.78, 5) is 28.2. The zero-order valence-electron chi connectivity index (χ0n) is 15.6. The van der Waals surface area contributed by atoms with Gasteiger partial charge in [0.15, 0.2) is 0 Å². The highest BCUT2D eigenvalue weighted by Gasteiger charge is 2.23. The molecule has 0 bridgehead atoms. The van der Waals surface area contributed by atoms with Gasteiger partial charge in [0.2, 0.25) is 0 Å². The van der Waals surface area contributed by atoms with Gasteiger partial charge in [-0.15, -0.1) is 11.3 Å². The lowest BCUT2D eigenvalue weighted by Gasteiger charge is -2.27. The molecule has 1 N–H and O–H groups in total. The topological polar surface area (TPSA) is 61.9 Å². The van der Waals surface area contributed by atoms with Gasteiger partial charge >= 0.3 is 0 Å². The van der Waals surface area contributed by atoms with E-state index in [0.717, 1.165) is 36.3 Å². The predicted octanol–water partition coefficient (Wildman–Crippen LogP) is 3.91. The molecule has 140 valence electrons. The summed E-state index contributed by atoms with van der Waals surface area (Å²) in [7, 11) is 0. The lowest BCUT2D eigenvalue weighted by Crippen LogP contribution is -2.35. The molecule has 1 aliphatic rings. The molecule has 1 aromatic carbocycles. The van der Waals surface area contributed by atoms with Crippen LogP contribution in [0.2, 0.25) is 0 Å². The van der Waals surface area contributed by atoms with Gasteiger partial charge in [0.25, 0.3) is 5.56 Å². The first-order chi connectivity index (χ1) is 13.7. The molecule has 28 heavy (non-hydrogen) atoms. The third-order valence-electron chi connectivity index (χ3n) is 5.39. The van der Waals surface area contributed by atoms with E-state index in [2.05, 4.69) is 46.1 Å². The molecule has 4 aromatic rings. The number of H-pyrrole nitrogens is 1. The highest BCUT2D eigenvalue weighted by atomic mass is 32.1. The summed E-state index contributed by atoms with van der Waals surface area (Å²) in [6.45, 7) is 4.61. The van der Waals surface area contributed by atoms with E-state index in [0.29, 0.717) is 12.4 Å². The van der Waals surface area contributed by atoms with Crippen molar-refractivity contribution in [3.63, 3.8) is 0 Å². The number of aryl methyl sites for hydroxylation is 1. The van der Waals surface area contributed by atoms with Crippen LogP contribution in [0.25, 0.3) is 21.5 Å². The van der Waals surface area contributed by atoms with Crippen molar-refractivity contribution in [3.8, 4) is 11.4 Å². The molecule has 0 radical (unpaired) electrons. The van der Waals surface area contributed by atoms with Crippen molar-refractivity contribution in [3.05, 3.63) is 80.8 Å². The van der Waals surface area contributed by atoms with Crippen molar-refractivity contribution in [2.45, 2.75) is 26.4 Å². The number of nitrogens with one attached hydrogen (secondary N) is 1. The number of hydrogen-bond donors (Lipinski definition) is 1. The van der Waals surface area contributed by atoms with E-state index in [4.69, 9.17) is 4.98 Å². The molecule has 0 spiro atoms. The van der Waals surface area contributed by atoms with E-state index in [9.17, 15) is 4.79 Å². The second-order valence-corrected chi connectivity index (χ2v) is 8.33. The highest BCUT2D eigenvalue weighted by molar-refractivity contribution is 7.19. The van der Waals surface area contributed by atoms with Crippen LogP contribution < -0.4 is 5.56 Å². The van der Waals surface area contributed by atoms with Crippen LogP contribution in [0.5, 0.6) is 0 Å². The fourth-order valence-corrected chi connectivity index (χ4v) is 5.09. The van der Waals surface area contributed by atoms with E-state index < -0.39 is 0 Å². The summed E-state index contributed by atoms with van der Waals surface area (Å²) in [6, 6.07) is 12.3. The number of nitrogens with zero attached hydrogens (tertiary/aromatic N) is 3. The first-order valence-electron chi connectivity index (χ1n) is 9.41. The molecule has 5 nitrogen and oxygen atoms in total. The SMILES string of the molecule is Cc1c(CN2CCc3nc(-c4cccnc4)[nH]c(=O)c3C2)sc2ccccc12. The molecule has 6 heteroatoms. The molecule has 4 heterocycles. The van der Waals surface area contributed by atoms with Crippen LogP contribution in [-0.4, -0.2) is 26.4 Å². The molecule has 0 atom stereocenters. The Balaban J connectivity index is 1.42. The minimum absolute atomic E-state index is 0.0402. The van der Waals surface area contributed by atoms with Gasteiger partial charge in [-0.25, -0.2) is 4.98 Å². The fourth-order valence-electron chi connectivity index (χ4n) is 3.83. The molecule has 0 unspecified atom stereocenters. The number of aromatic nitrogens is 3. The van der Waals surface area contributed by atoms with Gasteiger partial charge < -0.3 is 4.98 Å². The number of benzene rings is 1. The Morgan fingerprint density at radius 2 is 2.11 bits per heavy atom.